The number of nitrogens with one attached hydrogen (secondary N) is 2. The van der Waals surface area contributed by atoms with Crippen LogP contribution in [0.25, 0.3) is 0 Å². The van der Waals surface area contributed by atoms with Crippen LogP contribution in [0.1, 0.15) is 29.6 Å². The lowest BCUT2D eigenvalue weighted by Gasteiger charge is -2.21. The van der Waals surface area contributed by atoms with Gasteiger partial charge in [-0.1, -0.05) is 29.8 Å². The quantitative estimate of drug-likeness (QED) is 0.628. The van der Waals surface area contributed by atoms with E-state index in [1.807, 2.05) is 12.1 Å². The second-order valence-corrected chi connectivity index (χ2v) is 6.57. The Morgan fingerprint density at radius 3 is 2.50 bits per heavy atom. The van der Waals surface area contributed by atoms with E-state index < -0.39 is 11.8 Å². The lowest BCUT2D eigenvalue weighted by Crippen LogP contribution is -2.42. The number of carbonyl (C=O) groups is 3. The summed E-state index contributed by atoms with van der Waals surface area (Å²) in [5.41, 5.74) is 5.41. The molecule has 0 heterocycles. The molecule has 0 aliphatic heterocycles. The van der Waals surface area contributed by atoms with E-state index >= 15 is 0 Å². The molecule has 0 radical (unpaired) electrons. The molecular formula is C21H21ClN4O4. The van der Waals surface area contributed by atoms with E-state index in [9.17, 15) is 14.4 Å². The Morgan fingerprint density at radius 2 is 1.83 bits per heavy atom. The Labute approximate surface area is 179 Å². The monoisotopic (exact) mass is 428 g/mol. The molecule has 156 valence electrons. The number of ether oxygens (including phenoxy) is 1. The maximum Gasteiger partial charge on any atom is 0.273 e. The lowest BCUT2D eigenvalue weighted by atomic mass is 10.2. The zero-order chi connectivity index (χ0) is 21.9. The van der Waals surface area contributed by atoms with Gasteiger partial charge in [-0.3, -0.25) is 25.2 Å². The third-order valence-electron chi connectivity index (χ3n) is 4.11. The Balaban J connectivity index is 1.89. The van der Waals surface area contributed by atoms with Crippen molar-refractivity contribution in [2.75, 3.05) is 18.6 Å². The molecule has 2 N–H and O–H groups in total. The number of amides is 3. The minimum atomic E-state index is -0.580. The average molecular weight is 429 g/mol. The van der Waals surface area contributed by atoms with Gasteiger partial charge in [-0.15, -0.1) is 0 Å². The number of halogens is 1. The lowest BCUT2D eigenvalue weighted by molar-refractivity contribution is -0.125. The van der Waals surface area contributed by atoms with Crippen LogP contribution < -0.4 is 20.5 Å². The van der Waals surface area contributed by atoms with Crippen LogP contribution in [0.5, 0.6) is 5.75 Å². The number of rotatable bonds is 8. The summed E-state index contributed by atoms with van der Waals surface area (Å²) in [4.78, 5) is 38.3. The van der Waals surface area contributed by atoms with Crippen molar-refractivity contribution in [1.29, 1.82) is 5.26 Å². The number of nitrogens with zero attached hydrogens (tertiary/aromatic N) is 2. The first kappa shape index (κ1) is 22.7. The van der Waals surface area contributed by atoms with Crippen LogP contribution in [-0.2, 0) is 9.59 Å². The molecule has 2 aromatic carbocycles. The second-order valence-electron chi connectivity index (χ2n) is 6.14. The third-order valence-corrected chi connectivity index (χ3v) is 4.34. The Hall–Kier alpha value is -3.57. The highest BCUT2D eigenvalue weighted by Crippen LogP contribution is 2.22. The molecule has 8 nitrogen and oxygen atoms in total. The molecule has 2 aromatic rings. The Kier molecular flexibility index (Phi) is 8.66. The summed E-state index contributed by atoms with van der Waals surface area (Å²) in [6, 6.07) is 15.4. The van der Waals surface area contributed by atoms with E-state index in [-0.39, 0.29) is 43.0 Å². The Bertz CT molecular complexity index is 944. The van der Waals surface area contributed by atoms with Crippen LogP contribution in [0.15, 0.2) is 48.5 Å². The number of nitriles is 1. The summed E-state index contributed by atoms with van der Waals surface area (Å²) in [6.07, 6.45) is -0.0368. The zero-order valence-corrected chi connectivity index (χ0v) is 17.1. The summed E-state index contributed by atoms with van der Waals surface area (Å²) in [6.45, 7) is 0.230. The molecule has 0 bridgehead atoms. The van der Waals surface area contributed by atoms with E-state index in [0.29, 0.717) is 10.7 Å². The maximum atomic E-state index is 12.5. The SMILES string of the molecule is COc1cc(Cl)ccc1C(=O)NNC(=O)CCC(=O)N(CCC#N)c1ccccc1. The first-order chi connectivity index (χ1) is 14.5. The largest absolute Gasteiger partial charge is 0.496 e. The summed E-state index contributed by atoms with van der Waals surface area (Å²) in [7, 11) is 1.40. The molecular weight excluding hydrogens is 408 g/mol. The number of benzene rings is 2. The van der Waals surface area contributed by atoms with E-state index in [0.717, 1.165) is 0 Å². The molecule has 0 aliphatic rings. The van der Waals surface area contributed by atoms with E-state index in [2.05, 4.69) is 10.9 Å². The summed E-state index contributed by atoms with van der Waals surface area (Å²) < 4.78 is 5.10. The maximum absolute atomic E-state index is 12.5. The van der Waals surface area contributed by atoms with Crippen molar-refractivity contribution in [2.24, 2.45) is 0 Å². The Morgan fingerprint density at radius 1 is 1.10 bits per heavy atom. The van der Waals surface area contributed by atoms with Gasteiger partial charge in [0, 0.05) is 30.1 Å². The fraction of sp³-hybridized carbons (Fsp3) is 0.238. The first-order valence-corrected chi connectivity index (χ1v) is 9.49. The van der Waals surface area contributed by atoms with Crippen LogP contribution in [0.2, 0.25) is 5.02 Å². The third kappa shape index (κ3) is 6.50. The van der Waals surface area contributed by atoms with Crippen molar-refractivity contribution in [1.82, 2.24) is 10.9 Å². The van der Waals surface area contributed by atoms with E-state index in [1.54, 1.807) is 24.3 Å². The molecule has 9 heteroatoms. The van der Waals surface area contributed by atoms with Crippen molar-refractivity contribution in [3.05, 3.63) is 59.1 Å². The molecule has 0 aliphatic carbocycles. The van der Waals surface area contributed by atoms with Gasteiger partial charge in [-0.25, -0.2) is 0 Å². The molecule has 0 saturated heterocycles. The fourth-order valence-electron chi connectivity index (χ4n) is 2.63. The topological polar surface area (TPSA) is 112 Å². The molecule has 0 unspecified atom stereocenters. The molecule has 0 saturated carbocycles. The number of para-hydroxylation sites is 1. The first-order valence-electron chi connectivity index (χ1n) is 9.11. The van der Waals surface area contributed by atoms with Crippen molar-refractivity contribution in [2.45, 2.75) is 19.3 Å². The molecule has 0 aromatic heterocycles. The highest BCUT2D eigenvalue weighted by Gasteiger charge is 2.18. The second kappa shape index (κ2) is 11.4. The summed E-state index contributed by atoms with van der Waals surface area (Å²) in [5.74, 6) is -1.14. The highest BCUT2D eigenvalue weighted by molar-refractivity contribution is 6.30. The normalized spacial score (nSPS) is 9.90. The van der Waals surface area contributed by atoms with Crippen molar-refractivity contribution >= 4 is 35.0 Å². The molecule has 2 rings (SSSR count). The molecule has 0 fully saturated rings. The van der Waals surface area contributed by atoms with E-state index in [1.165, 1.54) is 30.2 Å². The minimum Gasteiger partial charge on any atom is -0.496 e. The number of anilines is 1. The smallest absolute Gasteiger partial charge is 0.273 e. The standard InChI is InChI=1S/C21H21ClN4O4/c1-30-18-14-15(22)8-9-17(18)21(29)25-24-19(27)10-11-20(28)26(13-5-12-23)16-6-3-2-4-7-16/h2-4,6-9,14H,5,10-11,13H2,1H3,(H,24,27)(H,25,29). The predicted octanol–water partition coefficient (Wildman–Crippen LogP) is 2.84. The van der Waals surface area contributed by atoms with Crippen LogP contribution in [0.4, 0.5) is 5.69 Å². The van der Waals surface area contributed by atoms with Gasteiger partial charge < -0.3 is 9.64 Å². The molecule has 30 heavy (non-hydrogen) atoms. The van der Waals surface area contributed by atoms with Crippen molar-refractivity contribution < 1.29 is 19.1 Å². The van der Waals surface area contributed by atoms with Gasteiger partial charge in [0.05, 0.1) is 25.2 Å². The van der Waals surface area contributed by atoms with Gasteiger partial charge in [0.15, 0.2) is 0 Å². The number of hydrazine groups is 1. The number of hydrogen-bond acceptors (Lipinski definition) is 5. The summed E-state index contributed by atoms with van der Waals surface area (Å²) >= 11 is 5.87. The number of hydrogen-bond donors (Lipinski definition) is 2. The van der Waals surface area contributed by atoms with Crippen LogP contribution in [-0.4, -0.2) is 31.4 Å². The van der Waals surface area contributed by atoms with Crippen LogP contribution in [0.3, 0.4) is 0 Å². The highest BCUT2D eigenvalue weighted by atomic mass is 35.5. The van der Waals surface area contributed by atoms with Gasteiger partial charge in [0.1, 0.15) is 5.75 Å². The number of methoxy groups -OCH3 is 1. The van der Waals surface area contributed by atoms with Gasteiger partial charge in [0.25, 0.3) is 5.91 Å². The zero-order valence-electron chi connectivity index (χ0n) is 16.4. The fourth-order valence-corrected chi connectivity index (χ4v) is 2.79. The number of carbonyl (C=O) groups excluding carboxylic acids is 3. The van der Waals surface area contributed by atoms with Gasteiger partial charge in [-0.2, -0.15) is 5.26 Å². The van der Waals surface area contributed by atoms with Crippen molar-refractivity contribution in [3.63, 3.8) is 0 Å². The van der Waals surface area contributed by atoms with E-state index in [4.69, 9.17) is 21.6 Å². The molecule has 0 spiro atoms. The molecule has 0 atom stereocenters. The molecule has 3 amide bonds. The van der Waals surface area contributed by atoms with Crippen molar-refractivity contribution in [3.8, 4) is 11.8 Å². The predicted molar refractivity (Wildman–Crippen MR) is 112 cm³/mol. The minimum absolute atomic E-state index is 0.0771. The van der Waals surface area contributed by atoms with Crippen LogP contribution >= 0.6 is 11.6 Å². The van der Waals surface area contributed by atoms with Crippen LogP contribution in [0, 0.1) is 11.3 Å². The van der Waals surface area contributed by atoms with Gasteiger partial charge in [0.2, 0.25) is 11.8 Å². The average Bonchev–Trinajstić information content (AvgIpc) is 2.76. The van der Waals surface area contributed by atoms with Gasteiger partial charge >= 0.3 is 0 Å². The summed E-state index contributed by atoms with van der Waals surface area (Å²) in [5, 5.41) is 9.23. The van der Waals surface area contributed by atoms with Gasteiger partial charge in [-0.05, 0) is 30.3 Å².